The number of furan rings is 1. The Labute approximate surface area is 102 Å². The second kappa shape index (κ2) is 6.90. The lowest BCUT2D eigenvalue weighted by Crippen LogP contribution is -2.24. The van der Waals surface area contributed by atoms with Crippen molar-refractivity contribution in [3.05, 3.63) is 22.6 Å². The molecule has 1 aromatic heterocycles. The van der Waals surface area contributed by atoms with Crippen LogP contribution in [0.5, 0.6) is 0 Å². The lowest BCUT2D eigenvalue weighted by atomic mass is 10.2. The predicted octanol–water partition coefficient (Wildman–Crippen LogP) is 3.18. The summed E-state index contributed by atoms with van der Waals surface area (Å²) < 4.78 is 5.44. The molecule has 0 aromatic carbocycles. The predicted molar refractivity (Wildman–Crippen MR) is 63.3 cm³/mol. The number of nitrogens with one attached hydrogen (secondary N) is 1. The standard InChI is InChI=1S/C10H13BrClNO2/c11-9-8(4-7-15-9)10(14)13-6-3-1-2-5-12/h4,7H,1-3,5-6H2,(H,13,14). The van der Waals surface area contributed by atoms with Gasteiger partial charge in [0.05, 0.1) is 11.8 Å². The number of carbonyl (C=O) groups is 1. The maximum atomic E-state index is 11.5. The van der Waals surface area contributed by atoms with Gasteiger partial charge in [-0.25, -0.2) is 0 Å². The minimum absolute atomic E-state index is 0.110. The molecule has 5 heteroatoms. The van der Waals surface area contributed by atoms with Gasteiger partial charge in [-0.1, -0.05) is 6.42 Å². The van der Waals surface area contributed by atoms with Crippen LogP contribution in [0.15, 0.2) is 21.4 Å². The highest BCUT2D eigenvalue weighted by molar-refractivity contribution is 9.10. The summed E-state index contributed by atoms with van der Waals surface area (Å²) in [5.74, 6) is 0.572. The zero-order chi connectivity index (χ0) is 11.1. The minimum Gasteiger partial charge on any atom is -0.457 e. The van der Waals surface area contributed by atoms with Gasteiger partial charge in [-0.3, -0.25) is 4.79 Å². The van der Waals surface area contributed by atoms with Crippen LogP contribution in [-0.2, 0) is 0 Å². The third-order valence-corrected chi connectivity index (χ3v) is 2.84. The van der Waals surface area contributed by atoms with E-state index in [-0.39, 0.29) is 5.91 Å². The molecule has 15 heavy (non-hydrogen) atoms. The van der Waals surface area contributed by atoms with E-state index in [0.29, 0.717) is 22.7 Å². The van der Waals surface area contributed by atoms with E-state index in [2.05, 4.69) is 21.2 Å². The van der Waals surface area contributed by atoms with Crippen LogP contribution >= 0.6 is 27.5 Å². The molecule has 0 atom stereocenters. The number of rotatable bonds is 6. The van der Waals surface area contributed by atoms with E-state index in [9.17, 15) is 4.79 Å². The minimum atomic E-state index is -0.110. The zero-order valence-corrected chi connectivity index (χ0v) is 10.6. The van der Waals surface area contributed by atoms with Crippen molar-refractivity contribution in [1.82, 2.24) is 5.32 Å². The van der Waals surface area contributed by atoms with E-state index >= 15 is 0 Å². The average Bonchev–Trinajstić information content (AvgIpc) is 2.64. The second-order valence-electron chi connectivity index (χ2n) is 3.11. The molecule has 0 saturated heterocycles. The summed E-state index contributed by atoms with van der Waals surface area (Å²) in [5, 5.41) is 2.81. The van der Waals surface area contributed by atoms with Crippen LogP contribution in [0, 0.1) is 0 Å². The summed E-state index contributed by atoms with van der Waals surface area (Å²) in [4.78, 5) is 11.5. The molecule has 1 N–H and O–H groups in total. The Morgan fingerprint density at radius 3 is 2.87 bits per heavy atom. The SMILES string of the molecule is O=C(NCCCCCCl)c1ccoc1Br. The molecule has 0 unspecified atom stereocenters. The van der Waals surface area contributed by atoms with Gasteiger partial charge in [0.1, 0.15) is 0 Å². The molecular formula is C10H13BrClNO2. The Morgan fingerprint density at radius 2 is 2.27 bits per heavy atom. The molecule has 1 aromatic rings. The summed E-state index contributed by atoms with van der Waals surface area (Å²) in [6.07, 6.45) is 4.46. The molecule has 0 radical (unpaired) electrons. The molecule has 0 aliphatic carbocycles. The highest BCUT2D eigenvalue weighted by Gasteiger charge is 2.11. The number of amides is 1. The van der Waals surface area contributed by atoms with Gasteiger partial charge in [0, 0.05) is 12.4 Å². The van der Waals surface area contributed by atoms with Crippen LogP contribution in [-0.4, -0.2) is 18.3 Å². The molecule has 1 rings (SSSR count). The van der Waals surface area contributed by atoms with Gasteiger partial charge < -0.3 is 9.73 Å². The lowest BCUT2D eigenvalue weighted by molar-refractivity contribution is 0.0951. The Hall–Kier alpha value is -0.480. The van der Waals surface area contributed by atoms with E-state index in [1.165, 1.54) is 6.26 Å². The molecule has 0 aliphatic rings. The Balaban J connectivity index is 2.22. The van der Waals surface area contributed by atoms with Gasteiger partial charge in [-0.2, -0.15) is 0 Å². The fraction of sp³-hybridized carbons (Fsp3) is 0.500. The van der Waals surface area contributed by atoms with Crippen LogP contribution in [0.25, 0.3) is 0 Å². The fourth-order valence-electron chi connectivity index (χ4n) is 1.15. The summed E-state index contributed by atoms with van der Waals surface area (Å²) in [5.41, 5.74) is 0.535. The van der Waals surface area contributed by atoms with Crippen molar-refractivity contribution >= 4 is 33.4 Å². The zero-order valence-electron chi connectivity index (χ0n) is 8.26. The second-order valence-corrected chi connectivity index (χ2v) is 4.21. The van der Waals surface area contributed by atoms with Crippen molar-refractivity contribution in [3.8, 4) is 0 Å². The largest absolute Gasteiger partial charge is 0.457 e. The molecule has 0 saturated carbocycles. The molecule has 1 heterocycles. The Morgan fingerprint density at radius 1 is 1.47 bits per heavy atom. The normalized spacial score (nSPS) is 10.3. The molecule has 0 aliphatic heterocycles. The molecule has 84 valence electrons. The number of carbonyl (C=O) groups excluding carboxylic acids is 1. The summed E-state index contributed by atoms with van der Waals surface area (Å²) in [6, 6.07) is 1.64. The average molecular weight is 295 g/mol. The van der Waals surface area contributed by atoms with E-state index in [1.807, 2.05) is 0 Å². The number of halogens is 2. The number of alkyl halides is 1. The maximum Gasteiger partial charge on any atom is 0.255 e. The molecule has 0 spiro atoms. The van der Waals surface area contributed by atoms with E-state index in [4.69, 9.17) is 16.0 Å². The summed E-state index contributed by atoms with van der Waals surface area (Å²) in [6.45, 7) is 0.674. The fourth-order valence-corrected chi connectivity index (χ4v) is 1.76. The van der Waals surface area contributed by atoms with Crippen LogP contribution < -0.4 is 5.32 Å². The first kappa shape index (κ1) is 12.6. The van der Waals surface area contributed by atoms with Gasteiger partial charge in [-0.05, 0) is 34.8 Å². The quantitative estimate of drug-likeness (QED) is 0.647. The molecular weight excluding hydrogens is 281 g/mol. The number of unbranched alkanes of at least 4 members (excludes halogenated alkanes) is 2. The maximum absolute atomic E-state index is 11.5. The smallest absolute Gasteiger partial charge is 0.255 e. The highest BCUT2D eigenvalue weighted by Crippen LogP contribution is 2.16. The van der Waals surface area contributed by atoms with Crippen LogP contribution in [0.1, 0.15) is 29.6 Å². The molecule has 3 nitrogen and oxygen atoms in total. The van der Waals surface area contributed by atoms with Crippen LogP contribution in [0.4, 0.5) is 0 Å². The first-order valence-electron chi connectivity index (χ1n) is 4.83. The van der Waals surface area contributed by atoms with Crippen LogP contribution in [0.2, 0.25) is 0 Å². The van der Waals surface area contributed by atoms with Gasteiger partial charge in [-0.15, -0.1) is 11.6 Å². The van der Waals surface area contributed by atoms with Gasteiger partial charge in [0.15, 0.2) is 4.67 Å². The van der Waals surface area contributed by atoms with E-state index in [0.717, 1.165) is 19.3 Å². The van der Waals surface area contributed by atoms with Crippen molar-refractivity contribution in [3.63, 3.8) is 0 Å². The third-order valence-electron chi connectivity index (χ3n) is 1.96. The lowest BCUT2D eigenvalue weighted by Gasteiger charge is -2.02. The third kappa shape index (κ3) is 4.26. The Bertz CT molecular complexity index is 314. The first-order valence-corrected chi connectivity index (χ1v) is 6.15. The van der Waals surface area contributed by atoms with Crippen molar-refractivity contribution in [2.75, 3.05) is 12.4 Å². The Kier molecular flexibility index (Phi) is 5.79. The van der Waals surface area contributed by atoms with Crippen molar-refractivity contribution in [1.29, 1.82) is 0 Å². The topological polar surface area (TPSA) is 42.2 Å². The first-order chi connectivity index (χ1) is 7.25. The highest BCUT2D eigenvalue weighted by atomic mass is 79.9. The van der Waals surface area contributed by atoms with Gasteiger partial charge in [0.25, 0.3) is 5.91 Å². The number of hydrogen-bond acceptors (Lipinski definition) is 2. The molecule has 0 bridgehead atoms. The summed E-state index contributed by atoms with van der Waals surface area (Å²) in [7, 11) is 0. The summed E-state index contributed by atoms with van der Waals surface area (Å²) >= 11 is 8.69. The molecule has 1 amide bonds. The van der Waals surface area contributed by atoms with Gasteiger partial charge >= 0.3 is 0 Å². The van der Waals surface area contributed by atoms with E-state index < -0.39 is 0 Å². The monoisotopic (exact) mass is 293 g/mol. The van der Waals surface area contributed by atoms with Crippen molar-refractivity contribution in [2.45, 2.75) is 19.3 Å². The molecule has 0 fully saturated rings. The number of hydrogen-bond donors (Lipinski definition) is 1. The van der Waals surface area contributed by atoms with Gasteiger partial charge in [0.2, 0.25) is 0 Å². The van der Waals surface area contributed by atoms with Crippen LogP contribution in [0.3, 0.4) is 0 Å². The van der Waals surface area contributed by atoms with Crippen molar-refractivity contribution < 1.29 is 9.21 Å². The van der Waals surface area contributed by atoms with Crippen molar-refractivity contribution in [2.24, 2.45) is 0 Å². The van der Waals surface area contributed by atoms with E-state index in [1.54, 1.807) is 6.07 Å².